The fraction of sp³-hybridized carbons (Fsp3) is 0.294. The fourth-order valence-corrected chi connectivity index (χ4v) is 3.14. The Morgan fingerprint density at radius 3 is 2.20 bits per heavy atom. The lowest BCUT2D eigenvalue weighted by molar-refractivity contribution is 0.204. The van der Waals surface area contributed by atoms with Gasteiger partial charge in [0.05, 0.1) is 11.1 Å². The Morgan fingerprint density at radius 1 is 1.00 bits per heavy atom. The molecule has 0 spiro atoms. The highest BCUT2D eigenvalue weighted by atomic mass is 35.5. The first-order valence-electron chi connectivity index (χ1n) is 6.73. The molecule has 0 aliphatic rings. The number of thioether (sulfide) groups is 1. The summed E-state index contributed by atoms with van der Waals surface area (Å²) in [5.74, 6) is 1.11. The van der Waals surface area contributed by atoms with Gasteiger partial charge in [0.1, 0.15) is 0 Å². The van der Waals surface area contributed by atoms with Crippen LogP contribution in [-0.2, 0) is 0 Å². The summed E-state index contributed by atoms with van der Waals surface area (Å²) in [5.41, 5.74) is 2.24. The van der Waals surface area contributed by atoms with Crippen molar-refractivity contribution in [1.29, 1.82) is 0 Å². The van der Waals surface area contributed by atoms with Crippen LogP contribution in [0.2, 0.25) is 5.02 Å². The van der Waals surface area contributed by atoms with Gasteiger partial charge in [-0.2, -0.15) is 0 Å². The van der Waals surface area contributed by atoms with E-state index in [1.54, 1.807) is 11.8 Å². The highest BCUT2D eigenvalue weighted by molar-refractivity contribution is 7.99. The van der Waals surface area contributed by atoms with E-state index < -0.39 is 6.10 Å². The molecular weight excluding hydrogens is 288 g/mol. The number of benzene rings is 2. The third-order valence-electron chi connectivity index (χ3n) is 3.22. The van der Waals surface area contributed by atoms with Crippen molar-refractivity contribution in [3.8, 4) is 0 Å². The Bertz CT molecular complexity index is 551. The van der Waals surface area contributed by atoms with E-state index in [9.17, 15) is 5.11 Å². The first-order chi connectivity index (χ1) is 9.58. The molecule has 0 heterocycles. The monoisotopic (exact) mass is 306 g/mol. The molecule has 0 saturated carbocycles. The van der Waals surface area contributed by atoms with Crippen LogP contribution in [0.15, 0.2) is 53.4 Å². The minimum Gasteiger partial charge on any atom is -0.388 e. The molecule has 2 aromatic carbocycles. The van der Waals surface area contributed by atoms with E-state index in [4.69, 9.17) is 11.6 Å². The van der Waals surface area contributed by atoms with E-state index in [-0.39, 0.29) is 0 Å². The molecule has 0 aromatic heterocycles. The number of hydrogen-bond donors (Lipinski definition) is 1. The molecule has 1 N–H and O–H groups in total. The van der Waals surface area contributed by atoms with Crippen LogP contribution in [0.4, 0.5) is 0 Å². The molecule has 0 aliphatic heterocycles. The summed E-state index contributed by atoms with van der Waals surface area (Å²) in [6.07, 6.45) is -0.475. The molecule has 0 fully saturated rings. The van der Waals surface area contributed by atoms with Gasteiger partial charge in [0.2, 0.25) is 0 Å². The largest absolute Gasteiger partial charge is 0.388 e. The molecule has 0 amide bonds. The maximum Gasteiger partial charge on any atom is 0.0883 e. The SMILES string of the molecule is CC(C)c1ccc(C(O)CSc2ccccc2Cl)cc1. The lowest BCUT2D eigenvalue weighted by Gasteiger charge is -2.13. The summed E-state index contributed by atoms with van der Waals surface area (Å²) < 4.78 is 0. The molecule has 1 atom stereocenters. The molecule has 0 saturated heterocycles. The summed E-state index contributed by atoms with van der Waals surface area (Å²) in [5, 5.41) is 11.0. The summed E-state index contributed by atoms with van der Waals surface area (Å²) >= 11 is 7.69. The summed E-state index contributed by atoms with van der Waals surface area (Å²) in [6, 6.07) is 15.9. The number of aliphatic hydroxyl groups excluding tert-OH is 1. The van der Waals surface area contributed by atoms with E-state index in [1.165, 1.54) is 5.56 Å². The fourth-order valence-electron chi connectivity index (χ4n) is 1.93. The Morgan fingerprint density at radius 2 is 1.60 bits per heavy atom. The minimum absolute atomic E-state index is 0.475. The van der Waals surface area contributed by atoms with Gasteiger partial charge in [-0.3, -0.25) is 0 Å². The Kier molecular flexibility index (Phi) is 5.53. The summed E-state index contributed by atoms with van der Waals surface area (Å²) in [6.45, 7) is 4.33. The van der Waals surface area contributed by atoms with E-state index in [0.717, 1.165) is 15.5 Å². The molecule has 0 radical (unpaired) electrons. The first kappa shape index (κ1) is 15.4. The predicted octanol–water partition coefficient (Wildman–Crippen LogP) is 5.29. The van der Waals surface area contributed by atoms with Crippen LogP contribution in [-0.4, -0.2) is 10.9 Å². The van der Waals surface area contributed by atoms with Crippen molar-refractivity contribution in [2.75, 3.05) is 5.75 Å². The molecule has 2 rings (SSSR count). The lowest BCUT2D eigenvalue weighted by atomic mass is 10.0. The van der Waals surface area contributed by atoms with Gasteiger partial charge >= 0.3 is 0 Å². The molecule has 1 nitrogen and oxygen atoms in total. The van der Waals surface area contributed by atoms with Gasteiger partial charge in [-0.15, -0.1) is 11.8 Å². The number of halogens is 1. The third-order valence-corrected chi connectivity index (χ3v) is 4.81. The average Bonchev–Trinajstić information content (AvgIpc) is 2.46. The zero-order chi connectivity index (χ0) is 14.5. The van der Waals surface area contributed by atoms with Crippen molar-refractivity contribution in [3.05, 3.63) is 64.7 Å². The van der Waals surface area contributed by atoms with Gasteiger partial charge in [-0.05, 0) is 29.2 Å². The Labute approximate surface area is 130 Å². The normalized spacial score (nSPS) is 12.7. The van der Waals surface area contributed by atoms with Gasteiger partial charge in [0.15, 0.2) is 0 Å². The topological polar surface area (TPSA) is 20.2 Å². The van der Waals surface area contributed by atoms with Gasteiger partial charge in [0, 0.05) is 10.6 Å². The highest BCUT2D eigenvalue weighted by Crippen LogP contribution is 2.30. The molecule has 1 unspecified atom stereocenters. The second-order valence-electron chi connectivity index (χ2n) is 5.08. The van der Waals surface area contributed by atoms with Crippen LogP contribution in [0.25, 0.3) is 0 Å². The lowest BCUT2D eigenvalue weighted by Crippen LogP contribution is -2.01. The number of rotatable bonds is 5. The predicted molar refractivity (Wildman–Crippen MR) is 87.7 cm³/mol. The number of hydrogen-bond acceptors (Lipinski definition) is 2. The van der Waals surface area contributed by atoms with Crippen LogP contribution in [0.3, 0.4) is 0 Å². The van der Waals surface area contributed by atoms with Crippen LogP contribution in [0.1, 0.15) is 37.0 Å². The second kappa shape index (κ2) is 7.16. The zero-order valence-corrected chi connectivity index (χ0v) is 13.3. The van der Waals surface area contributed by atoms with E-state index in [2.05, 4.69) is 26.0 Å². The number of aliphatic hydroxyl groups is 1. The second-order valence-corrected chi connectivity index (χ2v) is 6.55. The smallest absolute Gasteiger partial charge is 0.0883 e. The molecule has 0 bridgehead atoms. The Hall–Kier alpha value is -0.960. The molecule has 20 heavy (non-hydrogen) atoms. The van der Waals surface area contributed by atoms with Crippen LogP contribution < -0.4 is 0 Å². The molecule has 2 aromatic rings. The van der Waals surface area contributed by atoms with Crippen LogP contribution >= 0.6 is 23.4 Å². The van der Waals surface area contributed by atoms with E-state index in [0.29, 0.717) is 11.7 Å². The maximum absolute atomic E-state index is 10.2. The molecular formula is C17H19ClOS. The average molecular weight is 307 g/mol. The first-order valence-corrected chi connectivity index (χ1v) is 8.09. The van der Waals surface area contributed by atoms with E-state index in [1.807, 2.05) is 36.4 Å². The van der Waals surface area contributed by atoms with Gasteiger partial charge in [0.25, 0.3) is 0 Å². The molecule has 106 valence electrons. The third kappa shape index (κ3) is 4.02. The van der Waals surface area contributed by atoms with Crippen molar-refractivity contribution in [2.45, 2.75) is 30.8 Å². The van der Waals surface area contributed by atoms with Crippen molar-refractivity contribution in [1.82, 2.24) is 0 Å². The zero-order valence-electron chi connectivity index (χ0n) is 11.7. The maximum atomic E-state index is 10.2. The Balaban J connectivity index is 1.98. The van der Waals surface area contributed by atoms with Crippen molar-refractivity contribution < 1.29 is 5.11 Å². The van der Waals surface area contributed by atoms with Crippen molar-refractivity contribution in [3.63, 3.8) is 0 Å². The van der Waals surface area contributed by atoms with E-state index >= 15 is 0 Å². The van der Waals surface area contributed by atoms with Crippen LogP contribution in [0.5, 0.6) is 0 Å². The van der Waals surface area contributed by atoms with Gasteiger partial charge < -0.3 is 5.11 Å². The minimum atomic E-state index is -0.475. The van der Waals surface area contributed by atoms with Crippen molar-refractivity contribution in [2.24, 2.45) is 0 Å². The van der Waals surface area contributed by atoms with Gasteiger partial charge in [-0.1, -0.05) is 61.8 Å². The summed E-state index contributed by atoms with van der Waals surface area (Å²) in [7, 11) is 0. The summed E-state index contributed by atoms with van der Waals surface area (Å²) in [4.78, 5) is 1.01. The molecule has 3 heteroatoms. The quantitative estimate of drug-likeness (QED) is 0.757. The van der Waals surface area contributed by atoms with Gasteiger partial charge in [-0.25, -0.2) is 0 Å². The standard InChI is InChI=1S/C17H19ClOS/c1-12(2)13-7-9-14(10-8-13)16(19)11-20-17-6-4-3-5-15(17)18/h3-10,12,16,19H,11H2,1-2H3. The highest BCUT2D eigenvalue weighted by Gasteiger charge is 2.10. The van der Waals surface area contributed by atoms with Crippen molar-refractivity contribution >= 4 is 23.4 Å². The van der Waals surface area contributed by atoms with Crippen LogP contribution in [0, 0.1) is 0 Å². The molecule has 0 aliphatic carbocycles.